The molecule has 0 aliphatic carbocycles. The molecule has 1 N–H and O–H groups in total. The number of carboxylic acids is 1. The van der Waals surface area contributed by atoms with Gasteiger partial charge in [-0.3, -0.25) is 4.79 Å². The molecule has 46 heavy (non-hydrogen) atoms. The van der Waals surface area contributed by atoms with Gasteiger partial charge in [0.1, 0.15) is 0 Å². The first-order valence-corrected chi connectivity index (χ1v) is 21.9. The van der Waals surface area contributed by atoms with Crippen LogP contribution in [0.1, 0.15) is 271 Å². The van der Waals surface area contributed by atoms with Crippen LogP contribution in [0.15, 0.2) is 0 Å². The zero-order valence-corrected chi connectivity index (χ0v) is 32.2. The highest BCUT2D eigenvalue weighted by molar-refractivity contribution is 5.69. The van der Waals surface area contributed by atoms with Gasteiger partial charge in [-0.15, -0.1) is 0 Å². The van der Waals surface area contributed by atoms with Crippen molar-refractivity contribution in [2.45, 2.75) is 271 Å². The minimum atomic E-state index is -0.552. The van der Waals surface area contributed by atoms with Crippen LogP contribution in [0.4, 0.5) is 0 Å². The Kier molecular flexibility index (Phi) is 40.2. The average Bonchev–Trinajstić information content (AvgIpc) is 3.05. The second kappa shape index (κ2) is 40.6. The van der Waals surface area contributed by atoms with Crippen LogP contribution >= 0.6 is 0 Å². The predicted molar refractivity (Wildman–Crippen MR) is 207 cm³/mol. The molecule has 2 nitrogen and oxygen atoms in total. The molecule has 0 aliphatic rings. The Morgan fingerprint density at radius 2 is 0.457 bits per heavy atom. The van der Waals surface area contributed by atoms with E-state index in [0.717, 1.165) is 25.7 Å². The van der Waals surface area contributed by atoms with E-state index in [4.69, 9.17) is 0 Å². The number of rotatable bonds is 41. The zero-order valence-electron chi connectivity index (χ0n) is 32.2. The van der Waals surface area contributed by atoms with Gasteiger partial charge in [-0.1, -0.05) is 258 Å². The van der Waals surface area contributed by atoms with Crippen LogP contribution in [0.3, 0.4) is 0 Å². The van der Waals surface area contributed by atoms with Crippen LogP contribution in [0, 0.1) is 5.92 Å². The number of unbranched alkanes of at least 4 members (excludes halogenated alkanes) is 36. The molecule has 0 fully saturated rings. The summed E-state index contributed by atoms with van der Waals surface area (Å²) in [6.07, 6.45) is 54.7. The van der Waals surface area contributed by atoms with Crippen molar-refractivity contribution in [3.63, 3.8) is 0 Å². The van der Waals surface area contributed by atoms with Gasteiger partial charge >= 0.3 is 5.97 Å². The van der Waals surface area contributed by atoms with Crippen LogP contribution in [0.5, 0.6) is 0 Å². The Balaban J connectivity index is 3.32. The zero-order chi connectivity index (χ0) is 33.4. The largest absolute Gasteiger partial charge is 0.481 e. The van der Waals surface area contributed by atoms with Gasteiger partial charge in [-0.25, -0.2) is 0 Å². The van der Waals surface area contributed by atoms with E-state index in [-0.39, 0.29) is 5.92 Å². The fourth-order valence-corrected chi connectivity index (χ4v) is 7.33. The lowest BCUT2D eigenvalue weighted by molar-refractivity contribution is -0.142. The van der Waals surface area contributed by atoms with E-state index in [1.165, 1.54) is 231 Å². The minimum Gasteiger partial charge on any atom is -0.481 e. The van der Waals surface area contributed by atoms with Crippen molar-refractivity contribution < 1.29 is 9.90 Å². The summed E-state index contributed by atoms with van der Waals surface area (Å²) in [5, 5.41) is 9.66. The lowest BCUT2D eigenvalue weighted by Gasteiger charge is -2.12. The molecule has 2 heteroatoms. The quantitative estimate of drug-likeness (QED) is 0.0670. The third kappa shape index (κ3) is 37.9. The van der Waals surface area contributed by atoms with Crippen LogP contribution in [-0.4, -0.2) is 11.1 Å². The Morgan fingerprint density at radius 1 is 0.304 bits per heavy atom. The van der Waals surface area contributed by atoms with Crippen molar-refractivity contribution in [2.75, 3.05) is 0 Å². The molecule has 1 atom stereocenters. The van der Waals surface area contributed by atoms with Crippen LogP contribution < -0.4 is 0 Å². The Morgan fingerprint density at radius 3 is 0.609 bits per heavy atom. The second-order valence-corrected chi connectivity index (χ2v) is 15.3. The Bertz CT molecular complexity index is 558. The van der Waals surface area contributed by atoms with Gasteiger partial charge in [0.25, 0.3) is 0 Å². The predicted octanol–water partition coefficient (Wildman–Crippen LogP) is 16.3. The Labute approximate surface area is 291 Å². The number of aliphatic carboxylic acids is 1. The summed E-state index contributed by atoms with van der Waals surface area (Å²) in [7, 11) is 0. The fraction of sp³-hybridized carbons (Fsp3) is 0.977. The van der Waals surface area contributed by atoms with Crippen molar-refractivity contribution in [3.8, 4) is 0 Å². The number of hydrogen-bond donors (Lipinski definition) is 1. The molecule has 0 saturated carbocycles. The lowest BCUT2D eigenvalue weighted by Crippen LogP contribution is -2.13. The molecule has 0 aliphatic heterocycles. The molecule has 0 spiro atoms. The highest BCUT2D eigenvalue weighted by Gasteiger charge is 2.16. The monoisotopic (exact) mass is 649 g/mol. The highest BCUT2D eigenvalue weighted by Crippen LogP contribution is 2.21. The molecule has 0 aromatic rings. The first kappa shape index (κ1) is 45.5. The summed E-state index contributed by atoms with van der Waals surface area (Å²) < 4.78 is 0. The molecule has 0 heterocycles. The van der Waals surface area contributed by atoms with Crippen LogP contribution in [-0.2, 0) is 4.79 Å². The molecule has 0 saturated heterocycles. The maximum absolute atomic E-state index is 11.7. The van der Waals surface area contributed by atoms with Gasteiger partial charge in [0, 0.05) is 0 Å². The normalized spacial score (nSPS) is 12.2. The van der Waals surface area contributed by atoms with Crippen molar-refractivity contribution in [1.82, 2.24) is 0 Å². The molecule has 276 valence electrons. The molecule has 0 rings (SSSR count). The van der Waals surface area contributed by atoms with E-state index >= 15 is 0 Å². The lowest BCUT2D eigenvalue weighted by atomic mass is 9.94. The number of carbonyl (C=O) groups is 1. The molecular formula is C44H88O2. The number of hydrogen-bond acceptors (Lipinski definition) is 1. The van der Waals surface area contributed by atoms with Gasteiger partial charge in [-0.05, 0) is 12.8 Å². The standard InChI is InChI=1S/C44H88O2/c1-3-5-7-9-11-13-15-17-19-20-21-22-23-24-25-26-27-28-30-32-34-36-38-40-42-43(44(45)46)41-39-37-35-33-31-29-18-16-14-12-10-8-6-4-2/h43H,3-42H2,1-2H3,(H,45,46). The second-order valence-electron chi connectivity index (χ2n) is 15.3. The molecule has 0 aromatic heterocycles. The summed E-state index contributed by atoms with van der Waals surface area (Å²) in [6.45, 7) is 4.59. The first-order valence-electron chi connectivity index (χ1n) is 21.9. The van der Waals surface area contributed by atoms with Crippen LogP contribution in [0.2, 0.25) is 0 Å². The maximum Gasteiger partial charge on any atom is 0.306 e. The van der Waals surface area contributed by atoms with E-state index in [1.54, 1.807) is 0 Å². The molecule has 0 amide bonds. The molecule has 0 bridgehead atoms. The van der Waals surface area contributed by atoms with Crippen LogP contribution in [0.25, 0.3) is 0 Å². The van der Waals surface area contributed by atoms with E-state index in [0.29, 0.717) is 0 Å². The third-order valence-electron chi connectivity index (χ3n) is 10.7. The molecule has 0 aromatic carbocycles. The summed E-state index contributed by atoms with van der Waals surface area (Å²) in [6, 6.07) is 0. The van der Waals surface area contributed by atoms with Crippen molar-refractivity contribution in [1.29, 1.82) is 0 Å². The molecule has 1 unspecified atom stereocenters. The van der Waals surface area contributed by atoms with E-state index in [9.17, 15) is 9.90 Å². The summed E-state index contributed by atoms with van der Waals surface area (Å²) in [5.41, 5.74) is 0. The minimum absolute atomic E-state index is 0.1000. The summed E-state index contributed by atoms with van der Waals surface area (Å²) >= 11 is 0. The molecular weight excluding hydrogens is 560 g/mol. The van der Waals surface area contributed by atoms with Gasteiger partial charge in [0.15, 0.2) is 0 Å². The summed E-state index contributed by atoms with van der Waals surface area (Å²) in [5.74, 6) is -0.652. The van der Waals surface area contributed by atoms with Gasteiger partial charge in [-0.2, -0.15) is 0 Å². The topological polar surface area (TPSA) is 37.3 Å². The van der Waals surface area contributed by atoms with Crippen molar-refractivity contribution >= 4 is 5.97 Å². The van der Waals surface area contributed by atoms with Crippen molar-refractivity contribution in [3.05, 3.63) is 0 Å². The third-order valence-corrected chi connectivity index (χ3v) is 10.7. The Hall–Kier alpha value is -0.530. The SMILES string of the molecule is CCCCCCCCCCCCCCCCCCCCCCCCCCC(CCCCCCCCCCCCCCCC)C(=O)O. The first-order chi connectivity index (χ1) is 22.7. The van der Waals surface area contributed by atoms with E-state index < -0.39 is 5.97 Å². The maximum atomic E-state index is 11.7. The van der Waals surface area contributed by atoms with Crippen molar-refractivity contribution in [2.24, 2.45) is 5.92 Å². The summed E-state index contributed by atoms with van der Waals surface area (Å²) in [4.78, 5) is 11.7. The molecule has 0 radical (unpaired) electrons. The fourth-order valence-electron chi connectivity index (χ4n) is 7.33. The van der Waals surface area contributed by atoms with Gasteiger partial charge in [0.05, 0.1) is 5.92 Å². The average molecular weight is 649 g/mol. The van der Waals surface area contributed by atoms with Gasteiger partial charge in [0.2, 0.25) is 0 Å². The smallest absolute Gasteiger partial charge is 0.306 e. The van der Waals surface area contributed by atoms with E-state index in [1.807, 2.05) is 0 Å². The van der Waals surface area contributed by atoms with Gasteiger partial charge < -0.3 is 5.11 Å². The number of carboxylic acid groups (broad SMARTS) is 1. The van der Waals surface area contributed by atoms with E-state index in [2.05, 4.69) is 13.8 Å². The highest BCUT2D eigenvalue weighted by atomic mass is 16.4.